The van der Waals surface area contributed by atoms with Gasteiger partial charge in [-0.1, -0.05) is 11.8 Å². The van der Waals surface area contributed by atoms with Gasteiger partial charge in [0.05, 0.1) is 6.10 Å². The fourth-order valence-electron chi connectivity index (χ4n) is 1.92. The van der Waals surface area contributed by atoms with Crippen molar-refractivity contribution < 1.29 is 23.0 Å². The van der Waals surface area contributed by atoms with Crippen molar-refractivity contribution in [3.8, 4) is 5.88 Å². The number of aromatic nitrogens is 2. The van der Waals surface area contributed by atoms with Crippen LogP contribution in [0.4, 0.5) is 13.2 Å². The third-order valence-corrected chi connectivity index (χ3v) is 3.46. The number of hydrogen-bond acceptors (Lipinski definition) is 5. The lowest BCUT2D eigenvalue weighted by Gasteiger charge is -2.19. The zero-order valence-corrected chi connectivity index (χ0v) is 11.0. The van der Waals surface area contributed by atoms with Gasteiger partial charge in [0.15, 0.2) is 5.16 Å². The van der Waals surface area contributed by atoms with Crippen molar-refractivity contribution in [1.29, 1.82) is 0 Å². The highest BCUT2D eigenvalue weighted by atomic mass is 32.2. The number of halogens is 3. The van der Waals surface area contributed by atoms with E-state index in [2.05, 4.69) is 9.97 Å². The molecule has 1 aliphatic rings. The molecule has 19 heavy (non-hydrogen) atoms. The van der Waals surface area contributed by atoms with E-state index in [0.29, 0.717) is 12.8 Å². The summed E-state index contributed by atoms with van der Waals surface area (Å²) in [6, 6.07) is 0. The molecule has 1 aliphatic carbocycles. The number of alkyl halides is 3. The summed E-state index contributed by atoms with van der Waals surface area (Å²) in [5.74, 6) is -0.502. The highest BCUT2D eigenvalue weighted by molar-refractivity contribution is 7.98. The van der Waals surface area contributed by atoms with Crippen LogP contribution in [0.15, 0.2) is 11.4 Å². The topological polar surface area (TPSA) is 55.2 Å². The molecule has 0 amide bonds. The second kappa shape index (κ2) is 5.54. The first-order valence-corrected chi connectivity index (χ1v) is 6.97. The Morgan fingerprint density at radius 1 is 1.42 bits per heavy atom. The van der Waals surface area contributed by atoms with E-state index in [1.807, 2.05) is 0 Å². The summed E-state index contributed by atoms with van der Waals surface area (Å²) in [7, 11) is 0. The lowest BCUT2D eigenvalue weighted by Crippen LogP contribution is -2.27. The zero-order chi connectivity index (χ0) is 14.0. The van der Waals surface area contributed by atoms with Gasteiger partial charge in [-0.2, -0.15) is 18.2 Å². The molecule has 0 aliphatic heterocycles. The van der Waals surface area contributed by atoms with E-state index in [4.69, 9.17) is 4.74 Å². The number of hydrogen-bond donors (Lipinski definition) is 1. The van der Waals surface area contributed by atoms with Gasteiger partial charge < -0.3 is 9.84 Å². The SMILES string of the molecule is CSc1ncc(C(F)(F)F)c(O[C@H]2CCC[C@H]2O)n1. The second-order valence-electron chi connectivity index (χ2n) is 4.23. The number of nitrogens with zero attached hydrogens (tertiary/aromatic N) is 2. The number of aliphatic hydroxyl groups is 1. The molecule has 1 saturated carbocycles. The van der Waals surface area contributed by atoms with Crippen LogP contribution >= 0.6 is 11.8 Å². The van der Waals surface area contributed by atoms with Gasteiger partial charge in [0.1, 0.15) is 11.7 Å². The fourth-order valence-corrected chi connectivity index (χ4v) is 2.25. The minimum Gasteiger partial charge on any atom is -0.471 e. The van der Waals surface area contributed by atoms with E-state index < -0.39 is 29.8 Å². The number of rotatable bonds is 3. The van der Waals surface area contributed by atoms with Crippen LogP contribution in [0.25, 0.3) is 0 Å². The van der Waals surface area contributed by atoms with Crippen molar-refractivity contribution >= 4 is 11.8 Å². The van der Waals surface area contributed by atoms with Crippen molar-refractivity contribution in [2.75, 3.05) is 6.26 Å². The first-order valence-electron chi connectivity index (χ1n) is 5.74. The average Bonchev–Trinajstić information content (AvgIpc) is 2.73. The van der Waals surface area contributed by atoms with Crippen LogP contribution in [0, 0.1) is 0 Å². The van der Waals surface area contributed by atoms with Gasteiger partial charge in [-0.25, -0.2) is 4.98 Å². The molecule has 1 N–H and O–H groups in total. The number of aliphatic hydroxyl groups excluding tert-OH is 1. The summed E-state index contributed by atoms with van der Waals surface area (Å²) >= 11 is 1.13. The molecule has 0 aromatic carbocycles. The lowest BCUT2D eigenvalue weighted by molar-refractivity contribution is -0.140. The molecule has 8 heteroatoms. The van der Waals surface area contributed by atoms with Gasteiger partial charge in [-0.05, 0) is 25.5 Å². The summed E-state index contributed by atoms with van der Waals surface area (Å²) in [5.41, 5.74) is -1.01. The molecule has 4 nitrogen and oxygen atoms in total. The molecular formula is C11H13F3N2O2S. The van der Waals surface area contributed by atoms with Gasteiger partial charge in [0.2, 0.25) is 5.88 Å². The van der Waals surface area contributed by atoms with Crippen LogP contribution in [0.3, 0.4) is 0 Å². The van der Waals surface area contributed by atoms with Crippen molar-refractivity contribution in [1.82, 2.24) is 9.97 Å². The van der Waals surface area contributed by atoms with E-state index in [1.54, 1.807) is 6.26 Å². The summed E-state index contributed by atoms with van der Waals surface area (Å²) in [4.78, 5) is 7.36. The summed E-state index contributed by atoms with van der Waals surface area (Å²) < 4.78 is 43.7. The molecule has 0 bridgehead atoms. The third kappa shape index (κ3) is 3.30. The van der Waals surface area contributed by atoms with Crippen molar-refractivity contribution in [3.63, 3.8) is 0 Å². The molecule has 2 atom stereocenters. The number of thioether (sulfide) groups is 1. The Balaban J connectivity index is 2.30. The van der Waals surface area contributed by atoms with Crippen LogP contribution in [0.1, 0.15) is 24.8 Å². The van der Waals surface area contributed by atoms with Gasteiger partial charge >= 0.3 is 6.18 Å². The quantitative estimate of drug-likeness (QED) is 0.685. The van der Waals surface area contributed by atoms with E-state index in [9.17, 15) is 18.3 Å². The number of ether oxygens (including phenoxy) is 1. The maximum absolute atomic E-state index is 12.8. The van der Waals surface area contributed by atoms with Crippen LogP contribution < -0.4 is 4.74 Å². The maximum Gasteiger partial charge on any atom is 0.423 e. The Hall–Kier alpha value is -1.02. The normalized spacial score (nSPS) is 23.6. The molecular weight excluding hydrogens is 281 g/mol. The smallest absolute Gasteiger partial charge is 0.423 e. The standard InChI is InChI=1S/C11H13F3N2O2S/c1-19-10-15-5-6(11(12,13)14)9(16-10)18-8-4-2-3-7(8)17/h5,7-8,17H,2-4H2,1H3/t7-,8+/m1/s1. The molecule has 1 aromatic heterocycles. The van der Waals surface area contributed by atoms with Crippen molar-refractivity contribution in [2.45, 2.75) is 42.8 Å². The lowest BCUT2D eigenvalue weighted by atomic mass is 10.2. The van der Waals surface area contributed by atoms with Gasteiger partial charge in [-0.3, -0.25) is 0 Å². The van der Waals surface area contributed by atoms with E-state index in [-0.39, 0.29) is 5.16 Å². The largest absolute Gasteiger partial charge is 0.471 e. The van der Waals surface area contributed by atoms with E-state index in [1.165, 1.54) is 0 Å². The molecule has 1 heterocycles. The molecule has 0 saturated heterocycles. The van der Waals surface area contributed by atoms with Gasteiger partial charge in [0, 0.05) is 6.20 Å². The Morgan fingerprint density at radius 3 is 2.68 bits per heavy atom. The maximum atomic E-state index is 12.8. The summed E-state index contributed by atoms with van der Waals surface area (Å²) in [6.45, 7) is 0. The fraction of sp³-hybridized carbons (Fsp3) is 0.636. The van der Waals surface area contributed by atoms with Crippen LogP contribution in [-0.4, -0.2) is 33.5 Å². The minimum absolute atomic E-state index is 0.204. The molecule has 2 rings (SSSR count). The molecule has 106 valence electrons. The predicted molar refractivity (Wildman–Crippen MR) is 63.1 cm³/mol. The summed E-state index contributed by atoms with van der Waals surface area (Å²) in [6.07, 6.45) is -1.78. The Bertz CT molecular complexity index is 456. The van der Waals surface area contributed by atoms with Crippen molar-refractivity contribution in [3.05, 3.63) is 11.8 Å². The Labute approximate surface area is 112 Å². The first-order chi connectivity index (χ1) is 8.91. The average molecular weight is 294 g/mol. The highest BCUT2D eigenvalue weighted by Crippen LogP contribution is 2.36. The van der Waals surface area contributed by atoms with Crippen LogP contribution in [0.2, 0.25) is 0 Å². The summed E-state index contributed by atoms with van der Waals surface area (Å²) in [5, 5.41) is 9.82. The molecule has 0 unspecified atom stereocenters. The second-order valence-corrected chi connectivity index (χ2v) is 5.00. The monoisotopic (exact) mass is 294 g/mol. The van der Waals surface area contributed by atoms with Gasteiger partial charge in [0.25, 0.3) is 0 Å². The van der Waals surface area contributed by atoms with Gasteiger partial charge in [-0.15, -0.1) is 0 Å². The first kappa shape index (κ1) is 14.4. The Morgan fingerprint density at radius 2 is 2.16 bits per heavy atom. The zero-order valence-electron chi connectivity index (χ0n) is 10.1. The van der Waals surface area contributed by atoms with Crippen LogP contribution in [-0.2, 0) is 6.18 Å². The molecule has 1 aromatic rings. The van der Waals surface area contributed by atoms with Crippen molar-refractivity contribution in [2.24, 2.45) is 0 Å². The minimum atomic E-state index is -4.57. The van der Waals surface area contributed by atoms with E-state index >= 15 is 0 Å². The molecule has 0 radical (unpaired) electrons. The third-order valence-electron chi connectivity index (χ3n) is 2.90. The highest BCUT2D eigenvalue weighted by Gasteiger charge is 2.38. The van der Waals surface area contributed by atoms with E-state index in [0.717, 1.165) is 24.4 Å². The molecule has 1 fully saturated rings. The predicted octanol–water partition coefficient (Wildman–Crippen LogP) is 2.51. The Kier molecular flexibility index (Phi) is 4.19. The van der Waals surface area contributed by atoms with Crippen LogP contribution in [0.5, 0.6) is 5.88 Å². The molecule has 0 spiro atoms.